The second-order valence-electron chi connectivity index (χ2n) is 5.29. The van der Waals surface area contributed by atoms with Gasteiger partial charge in [0.25, 0.3) is 5.91 Å². The van der Waals surface area contributed by atoms with Crippen LogP contribution in [0.4, 0.5) is 5.82 Å². The summed E-state index contributed by atoms with van der Waals surface area (Å²) < 4.78 is 1.75. The van der Waals surface area contributed by atoms with Crippen LogP contribution in [0.25, 0.3) is 0 Å². The fourth-order valence-electron chi connectivity index (χ4n) is 2.26. The summed E-state index contributed by atoms with van der Waals surface area (Å²) in [7, 11) is 0. The lowest BCUT2D eigenvalue weighted by molar-refractivity contribution is 0.102. The number of rotatable bonds is 4. The minimum absolute atomic E-state index is 0.249. The highest BCUT2D eigenvalue weighted by Gasteiger charge is 2.12. The molecule has 0 aliphatic carbocycles. The van der Waals surface area contributed by atoms with E-state index >= 15 is 0 Å². The molecule has 0 aliphatic heterocycles. The van der Waals surface area contributed by atoms with Gasteiger partial charge in [0.2, 0.25) is 0 Å². The van der Waals surface area contributed by atoms with Crippen LogP contribution in [-0.2, 0) is 6.54 Å². The van der Waals surface area contributed by atoms with Crippen LogP contribution in [0.3, 0.4) is 0 Å². The molecule has 1 N–H and O–H groups in total. The Morgan fingerprint density at radius 3 is 2.61 bits per heavy atom. The molecule has 1 aromatic heterocycles. The zero-order valence-corrected chi connectivity index (χ0v) is 13.4. The average molecular weight is 326 g/mol. The minimum atomic E-state index is -0.249. The van der Waals surface area contributed by atoms with Gasteiger partial charge in [-0.3, -0.25) is 4.79 Å². The van der Waals surface area contributed by atoms with E-state index in [1.54, 1.807) is 41.2 Å². The summed E-state index contributed by atoms with van der Waals surface area (Å²) in [4.78, 5) is 12.3. The molecule has 0 unspecified atom stereocenters. The number of carbonyl (C=O) groups is 1. The summed E-state index contributed by atoms with van der Waals surface area (Å²) >= 11 is 6.06. The number of amides is 1. The number of hydrogen-bond donors (Lipinski definition) is 1. The Labute approximate surface area is 139 Å². The molecule has 0 spiro atoms. The van der Waals surface area contributed by atoms with Gasteiger partial charge in [-0.25, -0.2) is 4.68 Å². The largest absolute Gasteiger partial charge is 0.307 e. The van der Waals surface area contributed by atoms with Gasteiger partial charge < -0.3 is 5.32 Å². The first-order valence-corrected chi connectivity index (χ1v) is 7.64. The highest BCUT2D eigenvalue weighted by molar-refractivity contribution is 6.34. The van der Waals surface area contributed by atoms with Crippen LogP contribution in [0, 0.1) is 6.92 Å². The summed E-state index contributed by atoms with van der Waals surface area (Å²) in [6.07, 6.45) is 1.66. The molecule has 4 nitrogen and oxygen atoms in total. The summed E-state index contributed by atoms with van der Waals surface area (Å²) in [6, 6.07) is 16.9. The summed E-state index contributed by atoms with van der Waals surface area (Å²) in [5.41, 5.74) is 2.77. The van der Waals surface area contributed by atoms with E-state index < -0.39 is 0 Å². The lowest BCUT2D eigenvalue weighted by Crippen LogP contribution is -2.16. The maximum absolute atomic E-state index is 12.3. The molecule has 0 radical (unpaired) electrons. The quantitative estimate of drug-likeness (QED) is 0.783. The zero-order valence-electron chi connectivity index (χ0n) is 12.7. The van der Waals surface area contributed by atoms with Gasteiger partial charge in [-0.2, -0.15) is 5.10 Å². The van der Waals surface area contributed by atoms with Crippen molar-refractivity contribution in [2.24, 2.45) is 0 Å². The van der Waals surface area contributed by atoms with Crippen molar-refractivity contribution in [1.29, 1.82) is 0 Å². The number of aryl methyl sites for hydroxylation is 1. The first kappa shape index (κ1) is 15.3. The predicted octanol–water partition coefficient (Wildman–Crippen LogP) is 4.15. The normalized spacial score (nSPS) is 10.5. The Hall–Kier alpha value is -2.59. The molecule has 0 atom stereocenters. The van der Waals surface area contributed by atoms with Crippen LogP contribution in [0.5, 0.6) is 0 Å². The summed E-state index contributed by atoms with van der Waals surface area (Å²) in [6.45, 7) is 2.64. The van der Waals surface area contributed by atoms with Crippen LogP contribution >= 0.6 is 11.6 Å². The SMILES string of the molecule is Cc1ccc(Cn2nccc2NC(=O)c2ccccc2Cl)cc1. The summed E-state index contributed by atoms with van der Waals surface area (Å²) in [5.74, 6) is 0.386. The van der Waals surface area contributed by atoms with Gasteiger partial charge in [0.15, 0.2) is 0 Å². The summed E-state index contributed by atoms with van der Waals surface area (Å²) in [5, 5.41) is 7.55. The lowest BCUT2D eigenvalue weighted by Gasteiger charge is -2.10. The molecule has 5 heteroatoms. The Morgan fingerprint density at radius 2 is 1.87 bits per heavy atom. The number of aromatic nitrogens is 2. The fourth-order valence-corrected chi connectivity index (χ4v) is 2.48. The van der Waals surface area contributed by atoms with Gasteiger partial charge in [-0.05, 0) is 24.6 Å². The number of anilines is 1. The van der Waals surface area contributed by atoms with Crippen molar-refractivity contribution in [1.82, 2.24) is 9.78 Å². The van der Waals surface area contributed by atoms with Crippen molar-refractivity contribution in [3.63, 3.8) is 0 Å². The van der Waals surface area contributed by atoms with E-state index in [2.05, 4.69) is 34.7 Å². The monoisotopic (exact) mass is 325 g/mol. The van der Waals surface area contributed by atoms with E-state index in [1.165, 1.54) is 5.56 Å². The number of nitrogens with zero attached hydrogens (tertiary/aromatic N) is 2. The zero-order chi connectivity index (χ0) is 16.2. The van der Waals surface area contributed by atoms with E-state index in [9.17, 15) is 4.79 Å². The number of hydrogen-bond acceptors (Lipinski definition) is 2. The first-order chi connectivity index (χ1) is 11.1. The Morgan fingerprint density at radius 1 is 1.13 bits per heavy atom. The van der Waals surface area contributed by atoms with Crippen molar-refractivity contribution in [2.75, 3.05) is 5.32 Å². The van der Waals surface area contributed by atoms with Crippen LogP contribution in [0.15, 0.2) is 60.8 Å². The average Bonchev–Trinajstić information content (AvgIpc) is 2.97. The topological polar surface area (TPSA) is 46.9 Å². The second-order valence-corrected chi connectivity index (χ2v) is 5.70. The van der Waals surface area contributed by atoms with Crippen molar-refractivity contribution < 1.29 is 4.79 Å². The Balaban J connectivity index is 1.77. The molecule has 116 valence electrons. The van der Waals surface area contributed by atoms with Gasteiger partial charge >= 0.3 is 0 Å². The smallest absolute Gasteiger partial charge is 0.258 e. The molecule has 2 aromatic carbocycles. The number of nitrogens with one attached hydrogen (secondary N) is 1. The number of halogens is 1. The van der Waals surface area contributed by atoms with E-state index in [0.29, 0.717) is 22.9 Å². The molecule has 0 fully saturated rings. The third-order valence-corrected chi connectivity index (χ3v) is 3.86. The number of carbonyl (C=O) groups excluding carboxylic acids is 1. The molecular weight excluding hydrogens is 310 g/mol. The van der Waals surface area contributed by atoms with E-state index in [-0.39, 0.29) is 5.91 Å². The highest BCUT2D eigenvalue weighted by Crippen LogP contribution is 2.17. The van der Waals surface area contributed by atoms with Gasteiger partial charge in [-0.15, -0.1) is 0 Å². The van der Waals surface area contributed by atoms with Crippen molar-refractivity contribution in [3.05, 3.63) is 82.5 Å². The molecule has 1 heterocycles. The van der Waals surface area contributed by atoms with E-state index in [1.807, 2.05) is 6.92 Å². The molecule has 1 amide bonds. The molecule has 3 rings (SSSR count). The molecule has 23 heavy (non-hydrogen) atoms. The molecular formula is C18H16ClN3O. The third-order valence-electron chi connectivity index (χ3n) is 3.53. The first-order valence-electron chi connectivity index (χ1n) is 7.27. The maximum Gasteiger partial charge on any atom is 0.258 e. The third kappa shape index (κ3) is 3.60. The fraction of sp³-hybridized carbons (Fsp3) is 0.111. The highest BCUT2D eigenvalue weighted by atomic mass is 35.5. The molecule has 0 bridgehead atoms. The minimum Gasteiger partial charge on any atom is -0.307 e. The lowest BCUT2D eigenvalue weighted by atomic mass is 10.1. The Bertz CT molecular complexity index is 824. The molecule has 0 aliphatic rings. The van der Waals surface area contributed by atoms with Crippen molar-refractivity contribution in [3.8, 4) is 0 Å². The van der Waals surface area contributed by atoms with Crippen LogP contribution in [0.1, 0.15) is 21.5 Å². The van der Waals surface area contributed by atoms with Gasteiger partial charge in [0.1, 0.15) is 5.82 Å². The van der Waals surface area contributed by atoms with Gasteiger partial charge in [0, 0.05) is 6.07 Å². The Kier molecular flexibility index (Phi) is 4.44. The van der Waals surface area contributed by atoms with Crippen LogP contribution in [-0.4, -0.2) is 15.7 Å². The van der Waals surface area contributed by atoms with Gasteiger partial charge in [-0.1, -0.05) is 53.6 Å². The molecule has 0 saturated carbocycles. The van der Waals surface area contributed by atoms with Crippen molar-refractivity contribution in [2.45, 2.75) is 13.5 Å². The van der Waals surface area contributed by atoms with Gasteiger partial charge in [0.05, 0.1) is 23.3 Å². The van der Waals surface area contributed by atoms with E-state index in [4.69, 9.17) is 11.6 Å². The predicted molar refractivity (Wildman–Crippen MR) is 91.9 cm³/mol. The number of benzene rings is 2. The molecule has 0 saturated heterocycles. The molecule has 3 aromatic rings. The van der Waals surface area contributed by atoms with Crippen LogP contribution < -0.4 is 5.32 Å². The maximum atomic E-state index is 12.3. The standard InChI is InChI=1S/C18H16ClN3O/c1-13-6-8-14(9-7-13)12-22-17(10-11-20-22)21-18(23)15-4-2-3-5-16(15)19/h2-11H,12H2,1H3,(H,21,23). The second kappa shape index (κ2) is 6.67. The van der Waals surface area contributed by atoms with Crippen molar-refractivity contribution >= 4 is 23.3 Å². The van der Waals surface area contributed by atoms with E-state index in [0.717, 1.165) is 5.56 Å². The van der Waals surface area contributed by atoms with Crippen LogP contribution in [0.2, 0.25) is 5.02 Å².